The van der Waals surface area contributed by atoms with Crippen molar-refractivity contribution >= 4 is 50.3 Å². The van der Waals surface area contributed by atoms with Crippen molar-refractivity contribution in [3.8, 4) is 5.75 Å². The summed E-state index contributed by atoms with van der Waals surface area (Å²) in [5.41, 5.74) is 5.70. The summed E-state index contributed by atoms with van der Waals surface area (Å²) in [6.07, 6.45) is 0. The monoisotopic (exact) mass is 481 g/mol. The van der Waals surface area contributed by atoms with Gasteiger partial charge in [0.25, 0.3) is 10.1 Å². The summed E-state index contributed by atoms with van der Waals surface area (Å²) in [6.45, 7) is 1.33. The van der Waals surface area contributed by atoms with Crippen molar-refractivity contribution in [1.29, 1.82) is 0 Å². The molecule has 0 saturated heterocycles. The van der Waals surface area contributed by atoms with Gasteiger partial charge in [-0.3, -0.25) is 18.9 Å². The van der Waals surface area contributed by atoms with Crippen molar-refractivity contribution in [2.45, 2.75) is 11.8 Å². The summed E-state index contributed by atoms with van der Waals surface area (Å²) in [4.78, 5) is 37.4. The van der Waals surface area contributed by atoms with Crippen LogP contribution in [0.2, 0.25) is 0 Å². The average Bonchev–Trinajstić information content (AvgIpc) is 2.77. The molecule has 0 spiro atoms. The second-order valence-corrected chi connectivity index (χ2v) is 8.88. The molecule has 0 fully saturated rings. The molecule has 10 nitrogen and oxygen atoms in total. The van der Waals surface area contributed by atoms with Gasteiger partial charge < -0.3 is 21.1 Å². The number of rotatable bonds is 5. The van der Waals surface area contributed by atoms with Crippen molar-refractivity contribution in [1.82, 2.24) is 0 Å². The number of carbonyl (C=O) groups excluding carboxylic acids is 3. The SMILES string of the molecule is COc1ccc(NC(C)=O)cc1Nc1cc(S(=O)(=O)O)c(N)c2c1C(=O)c1ccccc1C2=O. The number of ketones is 2. The molecule has 0 heterocycles. The highest BCUT2D eigenvalue weighted by Gasteiger charge is 2.36. The van der Waals surface area contributed by atoms with Crippen LogP contribution in [0.4, 0.5) is 22.7 Å². The number of nitrogens with two attached hydrogens (primary N) is 1. The Balaban J connectivity index is 1.99. The minimum atomic E-state index is -4.86. The van der Waals surface area contributed by atoms with Crippen LogP contribution in [0.25, 0.3) is 0 Å². The van der Waals surface area contributed by atoms with E-state index in [9.17, 15) is 27.4 Å². The summed E-state index contributed by atoms with van der Waals surface area (Å²) in [5, 5.41) is 5.51. The minimum absolute atomic E-state index is 0.0652. The van der Waals surface area contributed by atoms with E-state index in [0.717, 1.165) is 6.07 Å². The van der Waals surface area contributed by atoms with Crippen LogP contribution in [0.15, 0.2) is 53.4 Å². The van der Waals surface area contributed by atoms with Crippen LogP contribution in [0.3, 0.4) is 0 Å². The highest BCUT2D eigenvalue weighted by molar-refractivity contribution is 7.86. The Hall–Kier alpha value is -4.22. The first-order valence-electron chi connectivity index (χ1n) is 9.88. The Morgan fingerprint density at radius 1 is 0.971 bits per heavy atom. The van der Waals surface area contributed by atoms with Gasteiger partial charge in [-0.1, -0.05) is 24.3 Å². The van der Waals surface area contributed by atoms with E-state index in [1.165, 1.54) is 32.2 Å². The molecule has 0 aromatic heterocycles. The van der Waals surface area contributed by atoms with Crippen molar-refractivity contribution in [3.05, 3.63) is 70.8 Å². The molecule has 1 aliphatic carbocycles. The standard InChI is InChI=1S/C23H19N3O7S/c1-11(27)25-12-7-8-17(33-2)15(9-12)26-16-10-18(34(30,31)32)21(24)20-19(16)22(28)13-5-3-4-6-14(13)23(20)29/h3-10,26H,24H2,1-2H3,(H,25,27)(H,30,31,32). The molecule has 174 valence electrons. The molecule has 1 amide bonds. The number of hydrogen-bond acceptors (Lipinski definition) is 8. The van der Waals surface area contributed by atoms with Gasteiger partial charge in [0.05, 0.1) is 35.3 Å². The van der Waals surface area contributed by atoms with E-state index in [1.54, 1.807) is 24.3 Å². The fourth-order valence-electron chi connectivity index (χ4n) is 3.84. The number of ether oxygens (including phenoxy) is 1. The molecule has 4 rings (SSSR count). The molecule has 11 heteroatoms. The van der Waals surface area contributed by atoms with E-state index in [0.29, 0.717) is 11.4 Å². The molecule has 1 aliphatic rings. The first kappa shape index (κ1) is 23.0. The Morgan fingerprint density at radius 2 is 1.59 bits per heavy atom. The third kappa shape index (κ3) is 3.87. The lowest BCUT2D eigenvalue weighted by Gasteiger charge is -2.24. The highest BCUT2D eigenvalue weighted by atomic mass is 32.2. The van der Waals surface area contributed by atoms with Gasteiger partial charge in [-0.15, -0.1) is 0 Å². The molecular formula is C23H19N3O7S. The van der Waals surface area contributed by atoms with Crippen LogP contribution in [-0.4, -0.2) is 37.6 Å². The first-order chi connectivity index (χ1) is 16.0. The lowest BCUT2D eigenvalue weighted by atomic mass is 9.82. The van der Waals surface area contributed by atoms with Crippen molar-refractivity contribution in [2.24, 2.45) is 0 Å². The van der Waals surface area contributed by atoms with E-state index in [2.05, 4.69) is 10.6 Å². The number of methoxy groups -OCH3 is 1. The fraction of sp³-hybridized carbons (Fsp3) is 0.0870. The van der Waals surface area contributed by atoms with Crippen LogP contribution in [0.1, 0.15) is 38.8 Å². The van der Waals surface area contributed by atoms with Gasteiger partial charge in [0.2, 0.25) is 5.91 Å². The molecule has 0 saturated carbocycles. The smallest absolute Gasteiger partial charge is 0.296 e. The molecule has 0 aliphatic heterocycles. The maximum absolute atomic E-state index is 13.4. The molecule has 5 N–H and O–H groups in total. The topological polar surface area (TPSA) is 165 Å². The number of nitrogens with one attached hydrogen (secondary N) is 2. The van der Waals surface area contributed by atoms with Gasteiger partial charge in [0.1, 0.15) is 10.6 Å². The Morgan fingerprint density at radius 3 is 2.15 bits per heavy atom. The number of hydrogen-bond donors (Lipinski definition) is 4. The van der Waals surface area contributed by atoms with Gasteiger partial charge in [0, 0.05) is 23.7 Å². The van der Waals surface area contributed by atoms with Crippen LogP contribution >= 0.6 is 0 Å². The summed E-state index contributed by atoms with van der Waals surface area (Å²) >= 11 is 0. The summed E-state index contributed by atoms with van der Waals surface area (Å²) < 4.78 is 39.2. The number of fused-ring (bicyclic) bond motifs is 2. The third-order valence-corrected chi connectivity index (χ3v) is 6.16. The second-order valence-electron chi connectivity index (χ2n) is 7.49. The van der Waals surface area contributed by atoms with Gasteiger partial charge in [-0.25, -0.2) is 0 Å². The molecule has 3 aromatic carbocycles. The molecule has 0 bridgehead atoms. The van der Waals surface area contributed by atoms with Crippen molar-refractivity contribution in [2.75, 3.05) is 23.5 Å². The fourth-order valence-corrected chi connectivity index (χ4v) is 4.48. The normalized spacial score (nSPS) is 12.6. The number of benzene rings is 3. The first-order valence-corrected chi connectivity index (χ1v) is 11.3. The van der Waals surface area contributed by atoms with Gasteiger partial charge >= 0.3 is 0 Å². The largest absolute Gasteiger partial charge is 0.495 e. The summed E-state index contributed by atoms with van der Waals surface area (Å²) in [6, 6.07) is 11.7. The molecule has 34 heavy (non-hydrogen) atoms. The zero-order valence-electron chi connectivity index (χ0n) is 18.0. The predicted octanol–water partition coefficient (Wildman–Crippen LogP) is 3.00. The third-order valence-electron chi connectivity index (χ3n) is 5.27. The van der Waals surface area contributed by atoms with Crippen LogP contribution in [-0.2, 0) is 14.9 Å². The van der Waals surface area contributed by atoms with E-state index >= 15 is 0 Å². The van der Waals surface area contributed by atoms with Crippen LogP contribution < -0.4 is 21.1 Å². The van der Waals surface area contributed by atoms with E-state index in [1.807, 2.05) is 0 Å². The van der Waals surface area contributed by atoms with E-state index in [4.69, 9.17) is 10.5 Å². The number of amides is 1. The molecular weight excluding hydrogens is 462 g/mol. The van der Waals surface area contributed by atoms with Crippen molar-refractivity contribution in [3.63, 3.8) is 0 Å². The quantitative estimate of drug-likeness (QED) is 0.248. The summed E-state index contributed by atoms with van der Waals surface area (Å²) in [5.74, 6) is -1.25. The van der Waals surface area contributed by atoms with Gasteiger partial charge in [-0.05, 0) is 24.3 Å². The van der Waals surface area contributed by atoms with Gasteiger partial charge in [-0.2, -0.15) is 8.42 Å². The number of carbonyl (C=O) groups is 3. The Kier molecular flexibility index (Phi) is 5.59. The minimum Gasteiger partial charge on any atom is -0.495 e. The van der Waals surface area contributed by atoms with E-state index in [-0.39, 0.29) is 39.5 Å². The maximum atomic E-state index is 13.4. The van der Waals surface area contributed by atoms with Gasteiger partial charge in [0.15, 0.2) is 11.6 Å². The zero-order valence-corrected chi connectivity index (χ0v) is 18.8. The molecule has 0 unspecified atom stereocenters. The van der Waals surface area contributed by atoms with Crippen molar-refractivity contribution < 1.29 is 32.1 Å². The Labute approximate surface area is 194 Å². The molecule has 0 atom stereocenters. The van der Waals surface area contributed by atoms with Crippen LogP contribution in [0.5, 0.6) is 5.75 Å². The lowest BCUT2D eigenvalue weighted by Crippen LogP contribution is -2.25. The predicted molar refractivity (Wildman–Crippen MR) is 125 cm³/mol. The molecule has 3 aromatic rings. The summed E-state index contributed by atoms with van der Waals surface area (Å²) in [7, 11) is -3.46. The average molecular weight is 481 g/mol. The number of nitrogen functional groups attached to an aromatic ring is 1. The second kappa shape index (κ2) is 8.28. The number of anilines is 4. The molecule has 0 radical (unpaired) electrons. The zero-order chi connectivity index (χ0) is 24.8. The maximum Gasteiger partial charge on any atom is 0.296 e. The lowest BCUT2D eigenvalue weighted by molar-refractivity contribution is -0.114. The highest BCUT2D eigenvalue weighted by Crippen LogP contribution is 2.41. The van der Waals surface area contributed by atoms with Crippen LogP contribution in [0, 0.1) is 0 Å². The van der Waals surface area contributed by atoms with E-state index < -0.39 is 32.3 Å². The Bertz CT molecular complexity index is 1500.